The van der Waals surface area contributed by atoms with Gasteiger partial charge in [-0.05, 0) is 40.2 Å². The van der Waals surface area contributed by atoms with Crippen LogP contribution < -0.4 is 5.43 Å². The Labute approximate surface area is 99.3 Å². The summed E-state index contributed by atoms with van der Waals surface area (Å²) < 4.78 is 10.5. The standard InChI is InChI=1S/C10H7BrN2O3/c11-9-4-3-8(16-9)10(14)13-12-6-7-2-1-5-15-7/h1-6H,(H,13,14)/b12-6-. The lowest BCUT2D eigenvalue weighted by Gasteiger charge is -1.93. The third kappa shape index (κ3) is 2.60. The number of furan rings is 2. The molecule has 0 fully saturated rings. The fourth-order valence-electron chi connectivity index (χ4n) is 1.01. The summed E-state index contributed by atoms with van der Waals surface area (Å²) in [6.45, 7) is 0. The van der Waals surface area contributed by atoms with Crippen LogP contribution in [-0.4, -0.2) is 12.1 Å². The van der Waals surface area contributed by atoms with Gasteiger partial charge < -0.3 is 8.83 Å². The van der Waals surface area contributed by atoms with Crippen LogP contribution in [0.5, 0.6) is 0 Å². The Morgan fingerprint density at radius 2 is 2.31 bits per heavy atom. The molecular formula is C10H7BrN2O3. The minimum atomic E-state index is -0.423. The van der Waals surface area contributed by atoms with Crippen molar-refractivity contribution in [3.8, 4) is 0 Å². The summed E-state index contributed by atoms with van der Waals surface area (Å²) in [7, 11) is 0. The largest absolute Gasteiger partial charge is 0.463 e. The summed E-state index contributed by atoms with van der Waals surface area (Å²) in [5.41, 5.74) is 2.31. The number of rotatable bonds is 3. The van der Waals surface area contributed by atoms with Crippen LogP contribution in [0.1, 0.15) is 16.3 Å². The van der Waals surface area contributed by atoms with Crippen LogP contribution in [0.4, 0.5) is 0 Å². The normalized spacial score (nSPS) is 10.8. The van der Waals surface area contributed by atoms with Crippen LogP contribution in [0.2, 0.25) is 0 Å². The van der Waals surface area contributed by atoms with Crippen LogP contribution in [0.15, 0.2) is 49.1 Å². The number of hydrazone groups is 1. The molecule has 0 atom stereocenters. The lowest BCUT2D eigenvalue weighted by atomic mass is 10.4. The molecule has 2 heterocycles. The van der Waals surface area contributed by atoms with Gasteiger partial charge >= 0.3 is 5.91 Å². The van der Waals surface area contributed by atoms with Gasteiger partial charge in [-0.15, -0.1) is 0 Å². The zero-order valence-corrected chi connectivity index (χ0v) is 9.60. The molecule has 0 radical (unpaired) electrons. The maximum atomic E-state index is 11.4. The Bertz CT molecular complexity index is 502. The molecule has 2 aromatic heterocycles. The van der Waals surface area contributed by atoms with Gasteiger partial charge in [0.2, 0.25) is 0 Å². The van der Waals surface area contributed by atoms with E-state index in [1.54, 1.807) is 24.3 Å². The first-order chi connectivity index (χ1) is 7.75. The van der Waals surface area contributed by atoms with E-state index in [-0.39, 0.29) is 5.76 Å². The number of hydrogen-bond acceptors (Lipinski definition) is 4. The van der Waals surface area contributed by atoms with Gasteiger partial charge in [-0.25, -0.2) is 5.43 Å². The molecule has 0 unspecified atom stereocenters. The minimum Gasteiger partial charge on any atom is -0.463 e. The summed E-state index contributed by atoms with van der Waals surface area (Å²) in [6.07, 6.45) is 2.92. The first-order valence-corrected chi connectivity index (χ1v) is 5.17. The average molecular weight is 283 g/mol. The van der Waals surface area contributed by atoms with Gasteiger partial charge in [0.1, 0.15) is 5.76 Å². The summed E-state index contributed by atoms with van der Waals surface area (Å²) in [5, 5.41) is 3.71. The monoisotopic (exact) mass is 282 g/mol. The van der Waals surface area contributed by atoms with E-state index in [0.29, 0.717) is 10.4 Å². The molecule has 0 aliphatic rings. The lowest BCUT2D eigenvalue weighted by molar-refractivity contribution is 0.0926. The van der Waals surface area contributed by atoms with Gasteiger partial charge in [-0.2, -0.15) is 5.10 Å². The number of carbonyl (C=O) groups is 1. The van der Waals surface area contributed by atoms with Gasteiger partial charge in [0.05, 0.1) is 12.5 Å². The Morgan fingerprint density at radius 1 is 1.44 bits per heavy atom. The van der Waals surface area contributed by atoms with Crippen molar-refractivity contribution in [2.45, 2.75) is 0 Å². The first-order valence-electron chi connectivity index (χ1n) is 4.38. The van der Waals surface area contributed by atoms with Gasteiger partial charge in [-0.1, -0.05) is 0 Å². The molecule has 1 N–H and O–H groups in total. The van der Waals surface area contributed by atoms with Crippen molar-refractivity contribution in [1.82, 2.24) is 5.43 Å². The number of halogens is 1. The number of nitrogens with zero attached hydrogens (tertiary/aromatic N) is 1. The number of amides is 1. The van der Waals surface area contributed by atoms with Gasteiger partial charge in [0.15, 0.2) is 10.4 Å². The quantitative estimate of drug-likeness (QED) is 0.694. The highest BCUT2D eigenvalue weighted by molar-refractivity contribution is 9.10. The molecular weight excluding hydrogens is 276 g/mol. The van der Waals surface area contributed by atoms with Crippen molar-refractivity contribution < 1.29 is 13.6 Å². The zero-order valence-electron chi connectivity index (χ0n) is 8.01. The Morgan fingerprint density at radius 3 is 2.94 bits per heavy atom. The van der Waals surface area contributed by atoms with Gasteiger partial charge in [0.25, 0.3) is 0 Å². The Kier molecular flexibility index (Phi) is 3.21. The van der Waals surface area contributed by atoms with Crippen LogP contribution in [0.25, 0.3) is 0 Å². The second-order valence-corrected chi connectivity index (χ2v) is 3.60. The minimum absolute atomic E-state index is 0.184. The maximum Gasteiger partial charge on any atom is 0.307 e. The van der Waals surface area contributed by atoms with Crippen LogP contribution >= 0.6 is 15.9 Å². The van der Waals surface area contributed by atoms with E-state index in [2.05, 4.69) is 26.5 Å². The van der Waals surface area contributed by atoms with E-state index >= 15 is 0 Å². The second kappa shape index (κ2) is 4.80. The van der Waals surface area contributed by atoms with Crippen molar-refractivity contribution in [3.63, 3.8) is 0 Å². The third-order valence-electron chi connectivity index (χ3n) is 1.70. The molecule has 0 saturated heterocycles. The Balaban J connectivity index is 1.94. The highest BCUT2D eigenvalue weighted by Gasteiger charge is 2.08. The van der Waals surface area contributed by atoms with E-state index < -0.39 is 5.91 Å². The van der Waals surface area contributed by atoms with Crippen molar-refractivity contribution in [1.29, 1.82) is 0 Å². The maximum absolute atomic E-state index is 11.4. The molecule has 1 amide bonds. The molecule has 0 aliphatic heterocycles. The fraction of sp³-hybridized carbons (Fsp3) is 0. The molecule has 5 nitrogen and oxygen atoms in total. The van der Waals surface area contributed by atoms with E-state index in [4.69, 9.17) is 8.83 Å². The highest BCUT2D eigenvalue weighted by Crippen LogP contribution is 2.13. The third-order valence-corrected chi connectivity index (χ3v) is 2.12. The van der Waals surface area contributed by atoms with Crippen molar-refractivity contribution in [3.05, 3.63) is 46.7 Å². The molecule has 0 bridgehead atoms. The topological polar surface area (TPSA) is 67.7 Å². The van der Waals surface area contributed by atoms with Crippen molar-refractivity contribution in [2.24, 2.45) is 5.10 Å². The van der Waals surface area contributed by atoms with Gasteiger partial charge in [0, 0.05) is 0 Å². The van der Waals surface area contributed by atoms with E-state index in [0.717, 1.165) is 0 Å². The summed E-state index contributed by atoms with van der Waals surface area (Å²) >= 11 is 3.10. The predicted molar refractivity (Wildman–Crippen MR) is 60.2 cm³/mol. The Hall–Kier alpha value is -1.82. The zero-order chi connectivity index (χ0) is 11.4. The SMILES string of the molecule is O=C(N/N=C\c1ccco1)c1ccc(Br)o1. The molecule has 16 heavy (non-hydrogen) atoms. The summed E-state index contributed by atoms with van der Waals surface area (Å²) in [6, 6.07) is 6.62. The van der Waals surface area contributed by atoms with E-state index in [9.17, 15) is 4.79 Å². The van der Waals surface area contributed by atoms with Crippen molar-refractivity contribution >= 4 is 28.1 Å². The molecule has 0 spiro atoms. The first kappa shape index (κ1) is 10.7. The molecule has 0 aliphatic carbocycles. The molecule has 6 heteroatoms. The average Bonchev–Trinajstić information content (AvgIpc) is 2.89. The molecule has 2 aromatic rings. The van der Waals surface area contributed by atoms with E-state index in [1.807, 2.05) is 0 Å². The summed E-state index contributed by atoms with van der Waals surface area (Å²) in [5.74, 6) is 0.318. The molecule has 82 valence electrons. The van der Waals surface area contributed by atoms with Crippen LogP contribution in [0, 0.1) is 0 Å². The van der Waals surface area contributed by atoms with Crippen molar-refractivity contribution in [2.75, 3.05) is 0 Å². The molecule has 0 saturated carbocycles. The molecule has 2 rings (SSSR count). The smallest absolute Gasteiger partial charge is 0.307 e. The molecule has 0 aromatic carbocycles. The lowest BCUT2D eigenvalue weighted by Crippen LogP contribution is -2.16. The summed E-state index contributed by atoms with van der Waals surface area (Å²) in [4.78, 5) is 11.4. The number of carbonyl (C=O) groups excluding carboxylic acids is 1. The predicted octanol–water partition coefficient (Wildman–Crippen LogP) is 2.40. The van der Waals surface area contributed by atoms with E-state index in [1.165, 1.54) is 12.5 Å². The van der Waals surface area contributed by atoms with Crippen LogP contribution in [-0.2, 0) is 0 Å². The van der Waals surface area contributed by atoms with Crippen LogP contribution in [0.3, 0.4) is 0 Å². The fourth-order valence-corrected chi connectivity index (χ4v) is 1.32. The number of nitrogens with one attached hydrogen (secondary N) is 1. The second-order valence-electron chi connectivity index (χ2n) is 2.82. The number of hydrogen-bond donors (Lipinski definition) is 1. The van der Waals surface area contributed by atoms with Gasteiger partial charge in [-0.3, -0.25) is 4.79 Å². The highest BCUT2D eigenvalue weighted by atomic mass is 79.9.